The van der Waals surface area contributed by atoms with Gasteiger partial charge in [-0.25, -0.2) is 9.78 Å². The van der Waals surface area contributed by atoms with Crippen molar-refractivity contribution < 1.29 is 19.1 Å². The fraction of sp³-hybridized carbons (Fsp3) is 0.222. The molecule has 0 fully saturated rings. The van der Waals surface area contributed by atoms with Crippen LogP contribution in [0, 0.1) is 5.92 Å². The van der Waals surface area contributed by atoms with Gasteiger partial charge in [0, 0.05) is 0 Å². The summed E-state index contributed by atoms with van der Waals surface area (Å²) in [4.78, 5) is 40.7. The van der Waals surface area contributed by atoms with Gasteiger partial charge in [0.25, 0.3) is 11.8 Å². The third-order valence-corrected chi connectivity index (χ3v) is 5.25. The lowest BCUT2D eigenvalue weighted by molar-refractivity contribution is 0.0907. The summed E-state index contributed by atoms with van der Waals surface area (Å²) in [5.74, 6) is -0.879. The molecule has 140 valence electrons. The van der Waals surface area contributed by atoms with Crippen molar-refractivity contribution in [2.24, 2.45) is 5.92 Å². The van der Waals surface area contributed by atoms with E-state index in [-0.39, 0.29) is 18.1 Å². The molecule has 2 aromatic heterocycles. The van der Waals surface area contributed by atoms with Crippen molar-refractivity contribution in [2.75, 3.05) is 11.9 Å². The molecular formula is C18H17N3O4S2. The first kappa shape index (κ1) is 19.0. The molecule has 0 bridgehead atoms. The van der Waals surface area contributed by atoms with Gasteiger partial charge in [-0.1, -0.05) is 26.0 Å². The number of ether oxygens (including phenoxy) is 1. The van der Waals surface area contributed by atoms with Crippen LogP contribution in [-0.4, -0.2) is 29.5 Å². The second kappa shape index (κ2) is 8.28. The number of imide groups is 1. The molecular weight excluding hydrogens is 386 g/mol. The van der Waals surface area contributed by atoms with Crippen molar-refractivity contribution in [1.82, 2.24) is 10.3 Å². The number of fused-ring (bicyclic) bond motifs is 1. The molecule has 0 unspecified atom stereocenters. The summed E-state index contributed by atoms with van der Waals surface area (Å²) >= 11 is 2.45. The van der Waals surface area contributed by atoms with Crippen LogP contribution < -0.4 is 10.6 Å². The second-order valence-corrected chi connectivity index (χ2v) is 8.00. The summed E-state index contributed by atoms with van der Waals surface area (Å²) in [5, 5.41) is 7.14. The molecule has 1 aromatic carbocycles. The molecule has 0 radical (unpaired) electrons. The number of carbonyl (C=O) groups excluding carboxylic acids is 3. The molecule has 27 heavy (non-hydrogen) atoms. The number of alkyl carbamates (subject to hydrolysis) is 1. The zero-order valence-electron chi connectivity index (χ0n) is 14.6. The lowest BCUT2D eigenvalue weighted by Gasteiger charge is -2.08. The monoisotopic (exact) mass is 403 g/mol. The first-order valence-corrected chi connectivity index (χ1v) is 9.86. The van der Waals surface area contributed by atoms with Crippen molar-refractivity contribution in [3.8, 4) is 0 Å². The summed E-state index contributed by atoms with van der Waals surface area (Å²) in [6, 6.07) is 8.97. The third-order valence-electron chi connectivity index (χ3n) is 3.39. The Morgan fingerprint density at radius 3 is 2.67 bits per heavy atom. The van der Waals surface area contributed by atoms with Crippen LogP contribution in [0.1, 0.15) is 34.0 Å². The molecule has 3 aromatic rings. The van der Waals surface area contributed by atoms with Crippen LogP contribution in [0.3, 0.4) is 0 Å². The van der Waals surface area contributed by atoms with Gasteiger partial charge in [-0.3, -0.25) is 14.9 Å². The summed E-state index contributed by atoms with van der Waals surface area (Å²) < 4.78 is 5.84. The highest BCUT2D eigenvalue weighted by Crippen LogP contribution is 2.26. The van der Waals surface area contributed by atoms with Gasteiger partial charge in [0.2, 0.25) is 0 Å². The van der Waals surface area contributed by atoms with E-state index >= 15 is 0 Å². The van der Waals surface area contributed by atoms with E-state index in [1.54, 1.807) is 5.38 Å². The Morgan fingerprint density at radius 1 is 1.15 bits per heavy atom. The van der Waals surface area contributed by atoms with Gasteiger partial charge in [-0.15, -0.1) is 22.7 Å². The van der Waals surface area contributed by atoms with E-state index in [1.807, 2.05) is 38.1 Å². The van der Waals surface area contributed by atoms with Gasteiger partial charge in [-0.05, 0) is 29.5 Å². The predicted octanol–water partition coefficient (Wildman–Crippen LogP) is 4.13. The van der Waals surface area contributed by atoms with Gasteiger partial charge in [0.05, 0.1) is 22.4 Å². The van der Waals surface area contributed by atoms with Crippen molar-refractivity contribution in [2.45, 2.75) is 13.8 Å². The minimum Gasteiger partial charge on any atom is -0.449 e. The number of thiazole rings is 1. The fourth-order valence-corrected chi connectivity index (χ4v) is 3.79. The Bertz CT molecular complexity index is 960. The SMILES string of the molecule is CC(C)COC(=O)NC(=O)c1ccsc1NC(=O)c1nc2ccccc2s1. The van der Waals surface area contributed by atoms with Crippen molar-refractivity contribution >= 4 is 55.8 Å². The van der Waals surface area contributed by atoms with E-state index in [4.69, 9.17) is 4.74 Å². The number of aromatic nitrogens is 1. The molecule has 2 N–H and O–H groups in total. The van der Waals surface area contributed by atoms with E-state index < -0.39 is 17.9 Å². The quantitative estimate of drug-likeness (QED) is 0.667. The first-order chi connectivity index (χ1) is 12.9. The van der Waals surface area contributed by atoms with Crippen LogP contribution in [0.25, 0.3) is 10.2 Å². The number of nitrogens with zero attached hydrogens (tertiary/aromatic N) is 1. The normalized spacial score (nSPS) is 10.8. The highest BCUT2D eigenvalue weighted by Gasteiger charge is 2.20. The van der Waals surface area contributed by atoms with Crippen LogP contribution in [0.4, 0.5) is 9.80 Å². The number of rotatable bonds is 5. The number of thiophene rings is 1. The minimum absolute atomic E-state index is 0.163. The standard InChI is InChI=1S/C18H17N3O4S2/c1-10(2)9-25-18(24)21-14(22)11-7-8-26-16(11)20-15(23)17-19-12-5-3-4-6-13(12)27-17/h3-8,10H,9H2,1-2H3,(H,20,23)(H,21,22,24). The topological polar surface area (TPSA) is 97.4 Å². The van der Waals surface area contributed by atoms with E-state index in [2.05, 4.69) is 15.6 Å². The number of carbonyl (C=O) groups is 3. The molecule has 0 spiro atoms. The van der Waals surface area contributed by atoms with Crippen LogP contribution in [0.15, 0.2) is 35.7 Å². The Labute approximate surface area is 163 Å². The average Bonchev–Trinajstić information content (AvgIpc) is 3.26. The van der Waals surface area contributed by atoms with Gasteiger partial charge in [0.15, 0.2) is 5.01 Å². The maximum atomic E-state index is 12.5. The van der Waals surface area contributed by atoms with E-state index in [1.165, 1.54) is 28.7 Å². The largest absolute Gasteiger partial charge is 0.449 e. The summed E-state index contributed by atoms with van der Waals surface area (Å²) in [7, 11) is 0. The van der Waals surface area contributed by atoms with Crippen LogP contribution in [0.5, 0.6) is 0 Å². The number of nitrogens with one attached hydrogen (secondary N) is 2. The van der Waals surface area contributed by atoms with Gasteiger partial charge >= 0.3 is 6.09 Å². The molecule has 0 aliphatic rings. The van der Waals surface area contributed by atoms with Crippen molar-refractivity contribution in [3.63, 3.8) is 0 Å². The summed E-state index contributed by atoms with van der Waals surface area (Å²) in [6.07, 6.45) is -0.816. The number of anilines is 1. The highest BCUT2D eigenvalue weighted by molar-refractivity contribution is 7.20. The Morgan fingerprint density at radius 2 is 1.93 bits per heavy atom. The van der Waals surface area contributed by atoms with Crippen LogP contribution in [-0.2, 0) is 4.74 Å². The number of hydrogen-bond acceptors (Lipinski definition) is 7. The molecule has 0 saturated carbocycles. The molecule has 0 aliphatic heterocycles. The predicted molar refractivity (Wildman–Crippen MR) is 106 cm³/mol. The van der Waals surface area contributed by atoms with Gasteiger partial charge < -0.3 is 10.1 Å². The molecule has 3 amide bonds. The van der Waals surface area contributed by atoms with E-state index in [9.17, 15) is 14.4 Å². The third kappa shape index (κ3) is 4.69. The Kier molecular flexibility index (Phi) is 5.82. The fourth-order valence-electron chi connectivity index (χ4n) is 2.15. The van der Waals surface area contributed by atoms with E-state index in [0.717, 1.165) is 10.2 Å². The number of para-hydroxylation sites is 1. The van der Waals surface area contributed by atoms with Crippen LogP contribution >= 0.6 is 22.7 Å². The first-order valence-electron chi connectivity index (χ1n) is 8.16. The maximum Gasteiger partial charge on any atom is 0.414 e. The lowest BCUT2D eigenvalue weighted by atomic mass is 10.2. The van der Waals surface area contributed by atoms with Crippen molar-refractivity contribution in [3.05, 3.63) is 46.3 Å². The number of amides is 3. The maximum absolute atomic E-state index is 12.5. The zero-order valence-corrected chi connectivity index (χ0v) is 16.3. The smallest absolute Gasteiger partial charge is 0.414 e. The van der Waals surface area contributed by atoms with Gasteiger partial charge in [-0.2, -0.15) is 0 Å². The van der Waals surface area contributed by atoms with Gasteiger partial charge in [0.1, 0.15) is 5.00 Å². The molecule has 0 saturated heterocycles. The number of hydrogen-bond donors (Lipinski definition) is 2. The Balaban J connectivity index is 1.68. The minimum atomic E-state index is -0.816. The highest BCUT2D eigenvalue weighted by atomic mass is 32.1. The lowest BCUT2D eigenvalue weighted by Crippen LogP contribution is -2.32. The van der Waals surface area contributed by atoms with Crippen LogP contribution in [0.2, 0.25) is 0 Å². The summed E-state index contributed by atoms with van der Waals surface area (Å²) in [6.45, 7) is 4.00. The average molecular weight is 403 g/mol. The molecule has 2 heterocycles. The molecule has 0 aliphatic carbocycles. The molecule has 0 atom stereocenters. The zero-order chi connectivity index (χ0) is 19.4. The van der Waals surface area contributed by atoms with Crippen molar-refractivity contribution in [1.29, 1.82) is 0 Å². The van der Waals surface area contributed by atoms with E-state index in [0.29, 0.717) is 10.0 Å². The molecule has 3 rings (SSSR count). The second-order valence-electron chi connectivity index (χ2n) is 6.05. The Hall–Kier alpha value is -2.78. The number of benzene rings is 1. The molecule has 7 nitrogen and oxygen atoms in total. The molecule has 9 heteroatoms. The summed E-state index contributed by atoms with van der Waals surface area (Å²) in [5.41, 5.74) is 0.931.